The molecular formula is C17H26O. The lowest BCUT2D eigenvalue weighted by atomic mass is 10.0. The zero-order valence-electron chi connectivity index (χ0n) is 11.7. The van der Waals surface area contributed by atoms with Crippen LogP contribution in [0.3, 0.4) is 0 Å². The Kier molecular flexibility index (Phi) is 8.03. The van der Waals surface area contributed by atoms with Crippen molar-refractivity contribution in [2.75, 3.05) is 0 Å². The molecular weight excluding hydrogens is 220 g/mol. The molecule has 0 aliphatic heterocycles. The maximum atomic E-state index is 5.21. The summed E-state index contributed by atoms with van der Waals surface area (Å²) in [5.41, 5.74) is 1.40. The van der Waals surface area contributed by atoms with E-state index >= 15 is 0 Å². The topological polar surface area (TPSA) is 9.23 Å². The lowest BCUT2D eigenvalue weighted by Gasteiger charge is -2.04. The number of ether oxygens (including phenoxy) is 1. The molecule has 1 rings (SSSR count). The standard InChI is InChI=1S/C17H26O/c1-3-5-6-7-8-9-10-11-16-12-14-17(15-13-16)18-4-2/h4,12-15H,2-3,5-11H2,1H3. The van der Waals surface area contributed by atoms with Crippen LogP contribution in [0.25, 0.3) is 0 Å². The van der Waals surface area contributed by atoms with Crippen LogP contribution in [-0.2, 0) is 6.42 Å². The van der Waals surface area contributed by atoms with E-state index in [4.69, 9.17) is 4.74 Å². The van der Waals surface area contributed by atoms with Gasteiger partial charge in [0.05, 0.1) is 6.26 Å². The molecule has 0 fully saturated rings. The van der Waals surface area contributed by atoms with Crippen LogP contribution < -0.4 is 4.74 Å². The van der Waals surface area contributed by atoms with E-state index in [1.165, 1.54) is 63.2 Å². The first-order valence-electron chi connectivity index (χ1n) is 7.23. The van der Waals surface area contributed by atoms with Gasteiger partial charge in [0.15, 0.2) is 0 Å². The fraction of sp³-hybridized carbons (Fsp3) is 0.529. The molecule has 0 saturated heterocycles. The van der Waals surface area contributed by atoms with Crippen molar-refractivity contribution in [2.45, 2.75) is 58.3 Å². The summed E-state index contributed by atoms with van der Waals surface area (Å²) in [7, 11) is 0. The highest BCUT2D eigenvalue weighted by molar-refractivity contribution is 5.27. The van der Waals surface area contributed by atoms with Crippen LogP contribution in [0.5, 0.6) is 5.75 Å². The molecule has 0 N–H and O–H groups in total. The molecule has 18 heavy (non-hydrogen) atoms. The second-order valence-electron chi connectivity index (χ2n) is 4.80. The zero-order valence-corrected chi connectivity index (χ0v) is 11.7. The molecule has 1 heteroatoms. The molecule has 0 atom stereocenters. The van der Waals surface area contributed by atoms with Crippen LogP contribution in [0.15, 0.2) is 37.1 Å². The number of aryl methyl sites for hydroxylation is 1. The normalized spacial score (nSPS) is 10.3. The smallest absolute Gasteiger partial charge is 0.126 e. The molecule has 0 aliphatic rings. The van der Waals surface area contributed by atoms with Gasteiger partial charge in [-0.05, 0) is 30.5 Å². The summed E-state index contributed by atoms with van der Waals surface area (Å²) >= 11 is 0. The van der Waals surface area contributed by atoms with Gasteiger partial charge in [0.1, 0.15) is 5.75 Å². The average molecular weight is 246 g/mol. The SMILES string of the molecule is C=COc1ccc(CCCCCCCCC)cc1. The molecule has 0 saturated carbocycles. The van der Waals surface area contributed by atoms with Gasteiger partial charge in [0, 0.05) is 0 Å². The minimum absolute atomic E-state index is 0.869. The van der Waals surface area contributed by atoms with Crippen molar-refractivity contribution in [3.05, 3.63) is 42.7 Å². The third-order valence-electron chi connectivity index (χ3n) is 3.21. The Balaban J connectivity index is 2.09. The van der Waals surface area contributed by atoms with E-state index in [1.807, 2.05) is 12.1 Å². The molecule has 0 bridgehead atoms. The molecule has 0 heterocycles. The first kappa shape index (κ1) is 14.8. The highest BCUT2D eigenvalue weighted by Crippen LogP contribution is 2.15. The van der Waals surface area contributed by atoms with E-state index in [0.717, 1.165) is 5.75 Å². The van der Waals surface area contributed by atoms with Crippen molar-refractivity contribution in [1.82, 2.24) is 0 Å². The predicted molar refractivity (Wildman–Crippen MR) is 79.0 cm³/mol. The van der Waals surface area contributed by atoms with E-state index in [9.17, 15) is 0 Å². The molecule has 1 aromatic carbocycles. The van der Waals surface area contributed by atoms with Gasteiger partial charge in [-0.1, -0.05) is 64.2 Å². The number of hydrogen-bond donors (Lipinski definition) is 0. The number of unbranched alkanes of at least 4 members (excludes halogenated alkanes) is 6. The average Bonchev–Trinajstić information content (AvgIpc) is 2.40. The van der Waals surface area contributed by atoms with E-state index in [2.05, 4.69) is 25.6 Å². The molecule has 0 unspecified atom stereocenters. The molecule has 0 spiro atoms. The van der Waals surface area contributed by atoms with E-state index in [0.29, 0.717) is 0 Å². The van der Waals surface area contributed by atoms with Gasteiger partial charge < -0.3 is 4.74 Å². The summed E-state index contributed by atoms with van der Waals surface area (Å²) in [6, 6.07) is 8.32. The Hall–Kier alpha value is -1.24. The van der Waals surface area contributed by atoms with Crippen molar-refractivity contribution in [3.8, 4) is 5.75 Å². The van der Waals surface area contributed by atoms with Crippen LogP contribution in [0, 0.1) is 0 Å². The first-order chi connectivity index (χ1) is 8.86. The van der Waals surface area contributed by atoms with Crippen molar-refractivity contribution in [3.63, 3.8) is 0 Å². The molecule has 0 amide bonds. The summed E-state index contributed by atoms with van der Waals surface area (Å²) in [6.07, 6.45) is 12.2. The maximum Gasteiger partial charge on any atom is 0.126 e. The highest BCUT2D eigenvalue weighted by atomic mass is 16.5. The Labute approximate surface area is 112 Å². The minimum Gasteiger partial charge on any atom is -0.466 e. The summed E-state index contributed by atoms with van der Waals surface area (Å²) in [5, 5.41) is 0. The van der Waals surface area contributed by atoms with Crippen LogP contribution in [0.4, 0.5) is 0 Å². The fourth-order valence-electron chi connectivity index (χ4n) is 2.12. The van der Waals surface area contributed by atoms with Crippen molar-refractivity contribution < 1.29 is 4.74 Å². The van der Waals surface area contributed by atoms with E-state index in [-0.39, 0.29) is 0 Å². The van der Waals surface area contributed by atoms with Gasteiger partial charge in [-0.2, -0.15) is 0 Å². The van der Waals surface area contributed by atoms with Crippen molar-refractivity contribution in [1.29, 1.82) is 0 Å². The number of hydrogen-bond acceptors (Lipinski definition) is 1. The Bertz CT molecular complexity index is 313. The highest BCUT2D eigenvalue weighted by Gasteiger charge is 1.96. The van der Waals surface area contributed by atoms with Gasteiger partial charge in [0.25, 0.3) is 0 Å². The molecule has 0 radical (unpaired) electrons. The molecule has 0 aliphatic carbocycles. The fourth-order valence-corrected chi connectivity index (χ4v) is 2.12. The lowest BCUT2D eigenvalue weighted by molar-refractivity contribution is 0.483. The Morgan fingerprint density at radius 3 is 2.17 bits per heavy atom. The van der Waals surface area contributed by atoms with Gasteiger partial charge in [0.2, 0.25) is 0 Å². The molecule has 0 aromatic heterocycles. The third kappa shape index (κ3) is 6.48. The second kappa shape index (κ2) is 9.76. The lowest BCUT2D eigenvalue weighted by Crippen LogP contribution is -1.87. The largest absolute Gasteiger partial charge is 0.466 e. The minimum atomic E-state index is 0.869. The quantitative estimate of drug-likeness (QED) is 0.391. The summed E-state index contributed by atoms with van der Waals surface area (Å²) < 4.78 is 5.21. The van der Waals surface area contributed by atoms with Gasteiger partial charge in [-0.15, -0.1) is 0 Å². The van der Waals surface area contributed by atoms with Crippen LogP contribution in [0.2, 0.25) is 0 Å². The Morgan fingerprint density at radius 2 is 1.56 bits per heavy atom. The van der Waals surface area contributed by atoms with Gasteiger partial charge >= 0.3 is 0 Å². The summed E-state index contributed by atoms with van der Waals surface area (Å²) in [5.74, 6) is 0.869. The Morgan fingerprint density at radius 1 is 0.944 bits per heavy atom. The maximum absolute atomic E-state index is 5.21. The van der Waals surface area contributed by atoms with Crippen LogP contribution in [0.1, 0.15) is 57.4 Å². The second-order valence-corrected chi connectivity index (χ2v) is 4.80. The first-order valence-corrected chi connectivity index (χ1v) is 7.23. The monoisotopic (exact) mass is 246 g/mol. The zero-order chi connectivity index (χ0) is 13.1. The van der Waals surface area contributed by atoms with Gasteiger partial charge in [-0.3, -0.25) is 0 Å². The van der Waals surface area contributed by atoms with E-state index < -0.39 is 0 Å². The summed E-state index contributed by atoms with van der Waals surface area (Å²) in [6.45, 7) is 5.81. The number of benzene rings is 1. The molecule has 1 nitrogen and oxygen atoms in total. The molecule has 1 aromatic rings. The van der Waals surface area contributed by atoms with Gasteiger partial charge in [-0.25, -0.2) is 0 Å². The van der Waals surface area contributed by atoms with Crippen LogP contribution >= 0.6 is 0 Å². The van der Waals surface area contributed by atoms with E-state index in [1.54, 1.807) is 0 Å². The predicted octanol–water partition coefficient (Wildman–Crippen LogP) is 5.50. The van der Waals surface area contributed by atoms with Crippen LogP contribution in [-0.4, -0.2) is 0 Å². The van der Waals surface area contributed by atoms with Crippen molar-refractivity contribution in [2.24, 2.45) is 0 Å². The molecule has 100 valence electrons. The van der Waals surface area contributed by atoms with Crippen molar-refractivity contribution >= 4 is 0 Å². The third-order valence-corrected chi connectivity index (χ3v) is 3.21. The number of rotatable bonds is 10. The summed E-state index contributed by atoms with van der Waals surface area (Å²) in [4.78, 5) is 0.